The van der Waals surface area contributed by atoms with E-state index in [1.807, 2.05) is 0 Å². The van der Waals surface area contributed by atoms with Crippen LogP contribution < -0.4 is 5.32 Å². The summed E-state index contributed by atoms with van der Waals surface area (Å²) in [7, 11) is -3.89. The Morgan fingerprint density at radius 3 is 2.03 bits per heavy atom. The molecule has 0 saturated carbocycles. The Bertz CT molecular complexity index is 706. The standard InChI is InChI=1S/C15H27NO14S/c1-5(19)16-8-10(21)12(7(4-18)28-14(8)26-2)29-15-11(22)13(30-31(23,24)25)9(20)6(3-17)27-15/h6-15,17-18,20-22H,3-4H2,1-2H3,(H,16,19)(H,23,24,25)/t6-,7-,8-,9+,10-,11-,12-,13+,14+,15+/m1/s1. The number of hydrogen-bond donors (Lipinski definition) is 7. The summed E-state index contributed by atoms with van der Waals surface area (Å²) in [6.07, 6.45) is -14.7. The summed E-state index contributed by atoms with van der Waals surface area (Å²) in [4.78, 5) is 11.5. The highest BCUT2D eigenvalue weighted by Crippen LogP contribution is 2.30. The van der Waals surface area contributed by atoms with E-state index in [1.165, 1.54) is 14.0 Å². The quantitative estimate of drug-likeness (QED) is 0.163. The van der Waals surface area contributed by atoms with E-state index in [-0.39, 0.29) is 0 Å². The van der Waals surface area contributed by atoms with Gasteiger partial charge in [0.2, 0.25) is 5.91 Å². The zero-order valence-electron chi connectivity index (χ0n) is 16.5. The zero-order valence-corrected chi connectivity index (χ0v) is 17.4. The number of aliphatic hydroxyl groups excluding tert-OH is 5. The molecule has 0 bridgehead atoms. The van der Waals surface area contributed by atoms with Gasteiger partial charge in [-0.05, 0) is 0 Å². The van der Waals surface area contributed by atoms with Crippen LogP contribution in [-0.4, -0.2) is 126 Å². The minimum Gasteiger partial charge on any atom is -0.394 e. The monoisotopic (exact) mass is 477 g/mol. The highest BCUT2D eigenvalue weighted by Gasteiger charge is 2.52. The predicted molar refractivity (Wildman–Crippen MR) is 95.4 cm³/mol. The van der Waals surface area contributed by atoms with E-state index in [2.05, 4.69) is 9.50 Å². The van der Waals surface area contributed by atoms with Gasteiger partial charge < -0.3 is 49.8 Å². The molecular weight excluding hydrogens is 450 g/mol. The summed E-state index contributed by atoms with van der Waals surface area (Å²) in [6.45, 7) is -0.382. The van der Waals surface area contributed by atoms with Crippen molar-refractivity contribution in [3.05, 3.63) is 0 Å². The molecule has 1 amide bonds. The van der Waals surface area contributed by atoms with Gasteiger partial charge in [0.05, 0.1) is 13.2 Å². The summed E-state index contributed by atoms with van der Waals surface area (Å²) in [5, 5.41) is 52.6. The lowest BCUT2D eigenvalue weighted by molar-refractivity contribution is -0.344. The Balaban J connectivity index is 2.28. The van der Waals surface area contributed by atoms with Crippen molar-refractivity contribution in [3.8, 4) is 0 Å². The number of ether oxygens (including phenoxy) is 4. The molecule has 7 N–H and O–H groups in total. The molecule has 2 fully saturated rings. The molecule has 0 radical (unpaired) electrons. The topological polar surface area (TPSA) is 231 Å². The Morgan fingerprint density at radius 2 is 1.55 bits per heavy atom. The van der Waals surface area contributed by atoms with Crippen molar-refractivity contribution in [3.63, 3.8) is 0 Å². The van der Waals surface area contributed by atoms with Crippen molar-refractivity contribution in [2.24, 2.45) is 0 Å². The van der Waals surface area contributed by atoms with E-state index >= 15 is 0 Å². The van der Waals surface area contributed by atoms with E-state index in [1.54, 1.807) is 0 Å². The van der Waals surface area contributed by atoms with Crippen molar-refractivity contribution in [2.45, 2.75) is 68.3 Å². The smallest absolute Gasteiger partial charge is 0.394 e. The third-order valence-corrected chi connectivity index (χ3v) is 5.27. The van der Waals surface area contributed by atoms with E-state index in [9.17, 15) is 38.7 Å². The first kappa shape index (κ1) is 26.2. The predicted octanol–water partition coefficient (Wildman–Crippen LogP) is -4.77. The van der Waals surface area contributed by atoms with Gasteiger partial charge in [-0.15, -0.1) is 0 Å². The Morgan fingerprint density at radius 1 is 0.968 bits per heavy atom. The zero-order chi connectivity index (χ0) is 23.5. The van der Waals surface area contributed by atoms with Gasteiger partial charge in [0, 0.05) is 14.0 Å². The number of rotatable bonds is 8. The van der Waals surface area contributed by atoms with Crippen molar-refractivity contribution < 1.29 is 66.4 Å². The largest absolute Gasteiger partial charge is 0.397 e. The van der Waals surface area contributed by atoms with Crippen LogP contribution in [0.2, 0.25) is 0 Å². The van der Waals surface area contributed by atoms with Gasteiger partial charge in [0.1, 0.15) is 48.8 Å². The van der Waals surface area contributed by atoms with Gasteiger partial charge >= 0.3 is 10.4 Å². The number of methoxy groups -OCH3 is 1. The van der Waals surface area contributed by atoms with Crippen LogP contribution in [0.4, 0.5) is 0 Å². The second-order valence-corrected chi connectivity index (χ2v) is 8.02. The van der Waals surface area contributed by atoms with Crippen LogP contribution in [0.3, 0.4) is 0 Å². The third kappa shape index (κ3) is 6.28. The average molecular weight is 477 g/mol. The second kappa shape index (κ2) is 10.7. The average Bonchev–Trinajstić information content (AvgIpc) is 2.69. The Labute approximate surface area is 177 Å². The van der Waals surface area contributed by atoms with Crippen molar-refractivity contribution in [2.75, 3.05) is 20.3 Å². The molecule has 0 aromatic carbocycles. The van der Waals surface area contributed by atoms with Crippen LogP contribution in [0.5, 0.6) is 0 Å². The van der Waals surface area contributed by atoms with Crippen molar-refractivity contribution in [1.82, 2.24) is 5.32 Å². The number of amides is 1. The molecule has 0 unspecified atom stereocenters. The maximum absolute atomic E-state index is 11.5. The van der Waals surface area contributed by atoms with Crippen LogP contribution in [0.1, 0.15) is 6.92 Å². The summed E-state index contributed by atoms with van der Waals surface area (Å²) in [6, 6.07) is -1.17. The molecular formula is C15H27NO14S. The number of aliphatic hydroxyl groups is 5. The first-order chi connectivity index (χ1) is 14.4. The summed E-state index contributed by atoms with van der Waals surface area (Å²) in [5.74, 6) is -0.546. The van der Waals surface area contributed by atoms with Gasteiger partial charge in [0.15, 0.2) is 12.6 Å². The molecule has 182 valence electrons. The van der Waals surface area contributed by atoms with Crippen molar-refractivity contribution in [1.29, 1.82) is 0 Å². The fourth-order valence-electron chi connectivity index (χ4n) is 3.40. The molecule has 31 heavy (non-hydrogen) atoms. The van der Waals surface area contributed by atoms with Gasteiger partial charge in [-0.2, -0.15) is 8.42 Å². The SMILES string of the molecule is CO[C@H]1O[C@H](CO)[C@@H](O[C@@H]2O[C@H](CO)[C@H](O)[C@H](OS(=O)(=O)O)[C@H]2O)[C@H](O)[C@H]1NC(C)=O. The summed E-state index contributed by atoms with van der Waals surface area (Å²) in [5.41, 5.74) is 0. The highest BCUT2D eigenvalue weighted by atomic mass is 32.3. The molecule has 0 spiro atoms. The first-order valence-corrected chi connectivity index (χ1v) is 10.5. The molecule has 0 aromatic heterocycles. The molecule has 0 aromatic rings. The van der Waals surface area contributed by atoms with E-state index < -0.39 is 90.9 Å². The van der Waals surface area contributed by atoms with Gasteiger partial charge in [-0.25, -0.2) is 4.18 Å². The molecule has 2 aliphatic heterocycles. The molecule has 2 rings (SSSR count). The van der Waals surface area contributed by atoms with E-state index in [4.69, 9.17) is 23.5 Å². The van der Waals surface area contributed by atoms with Gasteiger partial charge in [-0.3, -0.25) is 9.35 Å². The van der Waals surface area contributed by atoms with Crippen LogP contribution in [0.15, 0.2) is 0 Å². The first-order valence-electron chi connectivity index (χ1n) is 9.11. The third-order valence-electron chi connectivity index (χ3n) is 4.80. The normalized spacial score (nSPS) is 41.7. The number of carbonyl (C=O) groups is 1. The van der Waals surface area contributed by atoms with E-state index in [0.717, 1.165) is 0 Å². The fourth-order valence-corrected chi connectivity index (χ4v) is 3.91. The molecule has 2 saturated heterocycles. The summed E-state index contributed by atoms with van der Waals surface area (Å²) < 4.78 is 56.6. The molecule has 2 heterocycles. The Hall–Kier alpha value is -1.02. The molecule has 15 nitrogen and oxygen atoms in total. The molecule has 10 atom stereocenters. The van der Waals surface area contributed by atoms with Gasteiger partial charge in [-0.1, -0.05) is 0 Å². The Kier molecular flexibility index (Phi) is 9.08. The maximum atomic E-state index is 11.5. The number of hydrogen-bond acceptors (Lipinski definition) is 13. The highest BCUT2D eigenvalue weighted by molar-refractivity contribution is 7.80. The maximum Gasteiger partial charge on any atom is 0.397 e. The number of nitrogens with one attached hydrogen (secondary N) is 1. The number of carbonyl (C=O) groups excluding carboxylic acids is 1. The minimum atomic E-state index is -5.13. The summed E-state index contributed by atoms with van der Waals surface area (Å²) >= 11 is 0. The second-order valence-electron chi connectivity index (χ2n) is 6.97. The van der Waals surface area contributed by atoms with E-state index in [0.29, 0.717) is 0 Å². The molecule has 16 heteroatoms. The van der Waals surface area contributed by atoms with Crippen molar-refractivity contribution >= 4 is 16.3 Å². The lowest BCUT2D eigenvalue weighted by atomic mass is 9.95. The lowest BCUT2D eigenvalue weighted by Gasteiger charge is -2.47. The minimum absolute atomic E-state index is 0.546. The van der Waals surface area contributed by atoms with Crippen LogP contribution in [0, 0.1) is 0 Å². The van der Waals surface area contributed by atoms with Gasteiger partial charge in [0.25, 0.3) is 0 Å². The molecule has 0 aliphatic carbocycles. The van der Waals surface area contributed by atoms with Crippen LogP contribution in [-0.2, 0) is 38.3 Å². The fraction of sp³-hybridized carbons (Fsp3) is 0.933. The lowest BCUT2D eigenvalue weighted by Crippen LogP contribution is -2.67. The van der Waals surface area contributed by atoms with Crippen LogP contribution >= 0.6 is 0 Å². The molecule has 2 aliphatic rings. The van der Waals surface area contributed by atoms with Crippen LogP contribution in [0.25, 0.3) is 0 Å².